The lowest BCUT2D eigenvalue weighted by Gasteiger charge is -2.31. The first-order valence-corrected chi connectivity index (χ1v) is 6.45. The van der Waals surface area contributed by atoms with Crippen molar-refractivity contribution in [3.63, 3.8) is 0 Å². The van der Waals surface area contributed by atoms with E-state index in [1.807, 2.05) is 19.2 Å². The zero-order chi connectivity index (χ0) is 13.0. The minimum Gasteiger partial charge on any atom is -0.497 e. The molecule has 0 unspecified atom stereocenters. The number of hydrogen-bond acceptors (Lipinski definition) is 3. The van der Waals surface area contributed by atoms with Gasteiger partial charge in [-0.25, -0.2) is 4.39 Å². The molecule has 0 spiro atoms. The van der Waals surface area contributed by atoms with Crippen molar-refractivity contribution in [2.75, 3.05) is 27.2 Å². The summed E-state index contributed by atoms with van der Waals surface area (Å²) in [7, 11) is 3.56. The van der Waals surface area contributed by atoms with Crippen molar-refractivity contribution in [3.05, 3.63) is 29.6 Å². The molecule has 1 heterocycles. The Labute approximate surface area is 108 Å². The summed E-state index contributed by atoms with van der Waals surface area (Å²) in [6, 6.07) is 5.70. The maximum Gasteiger partial charge on any atom is 0.131 e. The molecule has 18 heavy (non-hydrogen) atoms. The highest BCUT2D eigenvalue weighted by atomic mass is 19.1. The van der Waals surface area contributed by atoms with Crippen molar-refractivity contribution >= 4 is 0 Å². The van der Waals surface area contributed by atoms with E-state index < -0.39 is 0 Å². The summed E-state index contributed by atoms with van der Waals surface area (Å²) in [4.78, 5) is 2.30. The smallest absolute Gasteiger partial charge is 0.131 e. The summed E-state index contributed by atoms with van der Waals surface area (Å²) in [5, 5.41) is 3.30. The zero-order valence-electron chi connectivity index (χ0n) is 11.1. The molecule has 0 saturated carbocycles. The maximum atomic E-state index is 13.8. The molecule has 1 fully saturated rings. The van der Waals surface area contributed by atoms with E-state index in [1.54, 1.807) is 7.11 Å². The predicted molar refractivity (Wildman–Crippen MR) is 70.3 cm³/mol. The van der Waals surface area contributed by atoms with Crippen molar-refractivity contribution < 1.29 is 9.13 Å². The Hall–Kier alpha value is -1.13. The van der Waals surface area contributed by atoms with Crippen LogP contribution in [0.1, 0.15) is 18.4 Å². The van der Waals surface area contributed by atoms with Crippen LogP contribution in [0.2, 0.25) is 0 Å². The normalized spacial score (nSPS) is 17.9. The van der Waals surface area contributed by atoms with Crippen LogP contribution in [0.3, 0.4) is 0 Å². The lowest BCUT2D eigenvalue weighted by Crippen LogP contribution is -2.40. The van der Waals surface area contributed by atoms with Crippen LogP contribution in [-0.2, 0) is 6.54 Å². The minimum absolute atomic E-state index is 0.176. The van der Waals surface area contributed by atoms with Gasteiger partial charge in [0.2, 0.25) is 0 Å². The van der Waals surface area contributed by atoms with Gasteiger partial charge in [0.15, 0.2) is 0 Å². The summed E-state index contributed by atoms with van der Waals surface area (Å²) in [6.07, 6.45) is 2.27. The molecule has 0 bridgehead atoms. The molecule has 2 rings (SSSR count). The summed E-state index contributed by atoms with van der Waals surface area (Å²) < 4.78 is 18.8. The van der Waals surface area contributed by atoms with E-state index in [0.29, 0.717) is 18.3 Å². The number of hydrogen-bond donors (Lipinski definition) is 1. The fraction of sp³-hybridized carbons (Fsp3) is 0.571. The van der Waals surface area contributed by atoms with Gasteiger partial charge >= 0.3 is 0 Å². The quantitative estimate of drug-likeness (QED) is 0.887. The van der Waals surface area contributed by atoms with Gasteiger partial charge in [0, 0.05) is 24.2 Å². The molecule has 0 aliphatic carbocycles. The fourth-order valence-corrected chi connectivity index (χ4v) is 2.40. The third-order valence-corrected chi connectivity index (χ3v) is 3.65. The maximum absolute atomic E-state index is 13.8. The van der Waals surface area contributed by atoms with Gasteiger partial charge < -0.3 is 10.1 Å². The lowest BCUT2D eigenvalue weighted by molar-refractivity contribution is 0.192. The first-order chi connectivity index (χ1) is 8.72. The van der Waals surface area contributed by atoms with Crippen LogP contribution in [0.25, 0.3) is 0 Å². The van der Waals surface area contributed by atoms with Crippen LogP contribution >= 0.6 is 0 Å². The van der Waals surface area contributed by atoms with E-state index in [2.05, 4.69) is 10.2 Å². The number of halogens is 1. The van der Waals surface area contributed by atoms with Gasteiger partial charge in [0.25, 0.3) is 0 Å². The van der Waals surface area contributed by atoms with Crippen LogP contribution in [0, 0.1) is 5.82 Å². The Kier molecular flexibility index (Phi) is 4.55. The number of likely N-dealkylation sites (tertiary alicyclic amines) is 1. The standard InChI is InChI=1S/C14H21FN2O/c1-16-12-5-7-17(8-6-12)10-11-3-4-13(18-2)9-14(11)15/h3-4,9,12,16H,5-8,10H2,1-2H3. The molecule has 0 atom stereocenters. The average molecular weight is 252 g/mol. The van der Waals surface area contributed by atoms with Gasteiger partial charge in [-0.05, 0) is 39.0 Å². The highest BCUT2D eigenvalue weighted by Gasteiger charge is 2.18. The minimum atomic E-state index is -0.176. The Morgan fingerprint density at radius 3 is 2.67 bits per heavy atom. The molecule has 1 aromatic rings. The number of rotatable bonds is 4. The second kappa shape index (κ2) is 6.16. The second-order valence-corrected chi connectivity index (χ2v) is 4.80. The van der Waals surface area contributed by atoms with Gasteiger partial charge in [0.1, 0.15) is 11.6 Å². The SMILES string of the molecule is CNC1CCN(Cc2ccc(OC)cc2F)CC1. The molecular formula is C14H21FN2O. The van der Waals surface area contributed by atoms with Crippen LogP contribution in [-0.4, -0.2) is 38.2 Å². The summed E-state index contributed by atoms with van der Waals surface area (Å²) in [6.45, 7) is 2.74. The van der Waals surface area contributed by atoms with Gasteiger partial charge in [-0.3, -0.25) is 4.90 Å². The van der Waals surface area contributed by atoms with Gasteiger partial charge in [-0.15, -0.1) is 0 Å². The number of benzene rings is 1. The van der Waals surface area contributed by atoms with Crippen molar-refractivity contribution in [1.82, 2.24) is 10.2 Å². The van der Waals surface area contributed by atoms with E-state index in [9.17, 15) is 4.39 Å². The van der Waals surface area contributed by atoms with Crippen molar-refractivity contribution in [2.24, 2.45) is 0 Å². The number of ether oxygens (including phenoxy) is 1. The highest BCUT2D eigenvalue weighted by molar-refractivity contribution is 5.28. The van der Waals surface area contributed by atoms with Crippen LogP contribution in [0.4, 0.5) is 4.39 Å². The molecule has 100 valence electrons. The third-order valence-electron chi connectivity index (χ3n) is 3.65. The Balaban J connectivity index is 1.94. The summed E-state index contributed by atoms with van der Waals surface area (Å²) >= 11 is 0. The second-order valence-electron chi connectivity index (χ2n) is 4.80. The molecule has 1 aliphatic heterocycles. The number of nitrogens with zero attached hydrogens (tertiary/aromatic N) is 1. The van der Waals surface area contributed by atoms with Crippen molar-refractivity contribution in [2.45, 2.75) is 25.4 Å². The Morgan fingerprint density at radius 1 is 1.39 bits per heavy atom. The highest BCUT2D eigenvalue weighted by Crippen LogP contribution is 2.19. The predicted octanol–water partition coefficient (Wildman–Crippen LogP) is 2.02. The van der Waals surface area contributed by atoms with Crippen molar-refractivity contribution in [3.8, 4) is 5.75 Å². The molecule has 3 nitrogen and oxygen atoms in total. The zero-order valence-corrected chi connectivity index (χ0v) is 11.1. The molecule has 1 saturated heterocycles. The largest absolute Gasteiger partial charge is 0.497 e. The third kappa shape index (κ3) is 3.21. The van der Waals surface area contributed by atoms with Gasteiger partial charge in [0.05, 0.1) is 7.11 Å². The lowest BCUT2D eigenvalue weighted by atomic mass is 10.0. The Morgan fingerprint density at radius 2 is 2.11 bits per heavy atom. The molecule has 0 amide bonds. The number of methoxy groups -OCH3 is 1. The van der Waals surface area contributed by atoms with Crippen LogP contribution in [0.15, 0.2) is 18.2 Å². The van der Waals surface area contributed by atoms with E-state index >= 15 is 0 Å². The Bertz CT molecular complexity index is 389. The van der Waals surface area contributed by atoms with Gasteiger partial charge in [-0.2, -0.15) is 0 Å². The van der Waals surface area contributed by atoms with Crippen LogP contribution in [0.5, 0.6) is 5.75 Å². The molecule has 0 aromatic heterocycles. The summed E-state index contributed by atoms with van der Waals surface area (Å²) in [5.41, 5.74) is 0.749. The fourth-order valence-electron chi connectivity index (χ4n) is 2.40. The number of piperidine rings is 1. The van der Waals surface area contributed by atoms with E-state index in [1.165, 1.54) is 6.07 Å². The average Bonchev–Trinajstić information content (AvgIpc) is 2.42. The summed E-state index contributed by atoms with van der Waals surface area (Å²) in [5.74, 6) is 0.398. The van der Waals surface area contributed by atoms with E-state index in [4.69, 9.17) is 4.74 Å². The molecule has 0 radical (unpaired) electrons. The molecule has 4 heteroatoms. The first kappa shape index (κ1) is 13.3. The van der Waals surface area contributed by atoms with Crippen LogP contribution < -0.4 is 10.1 Å². The first-order valence-electron chi connectivity index (χ1n) is 6.45. The van der Waals surface area contributed by atoms with E-state index in [0.717, 1.165) is 31.5 Å². The molecule has 1 N–H and O–H groups in total. The molecule has 1 aromatic carbocycles. The van der Waals surface area contributed by atoms with Gasteiger partial charge in [-0.1, -0.05) is 6.07 Å². The topological polar surface area (TPSA) is 24.5 Å². The number of nitrogens with one attached hydrogen (secondary N) is 1. The van der Waals surface area contributed by atoms with Crippen molar-refractivity contribution in [1.29, 1.82) is 0 Å². The monoisotopic (exact) mass is 252 g/mol. The van der Waals surface area contributed by atoms with E-state index in [-0.39, 0.29) is 5.82 Å². The molecular weight excluding hydrogens is 231 g/mol. The molecule has 1 aliphatic rings.